The molecule has 2 N–H and O–H groups in total. The van der Waals surface area contributed by atoms with Crippen molar-refractivity contribution < 1.29 is 19.4 Å². The number of rotatable bonds is 8. The average Bonchev–Trinajstić information content (AvgIpc) is 3.10. The molecule has 0 aliphatic carbocycles. The van der Waals surface area contributed by atoms with Crippen molar-refractivity contribution in [3.8, 4) is 11.5 Å². The highest BCUT2D eigenvalue weighted by Crippen LogP contribution is 2.29. The van der Waals surface area contributed by atoms with Gasteiger partial charge in [-0.1, -0.05) is 6.07 Å². The Kier molecular flexibility index (Phi) is 6.23. The van der Waals surface area contributed by atoms with Crippen LogP contribution in [0.3, 0.4) is 0 Å². The molecule has 0 saturated carbocycles. The third-order valence-corrected chi connectivity index (χ3v) is 4.57. The second kappa shape index (κ2) is 8.17. The first kappa shape index (κ1) is 18.3. The van der Waals surface area contributed by atoms with Crippen molar-refractivity contribution in [2.24, 2.45) is 0 Å². The van der Waals surface area contributed by atoms with E-state index in [0.29, 0.717) is 30.3 Å². The maximum absolute atomic E-state index is 12.4. The lowest BCUT2D eigenvalue weighted by molar-refractivity contribution is 0.0556. The van der Waals surface area contributed by atoms with Crippen LogP contribution in [0, 0.1) is 0 Å². The van der Waals surface area contributed by atoms with E-state index in [2.05, 4.69) is 5.32 Å². The predicted octanol–water partition coefficient (Wildman–Crippen LogP) is 3.18. The van der Waals surface area contributed by atoms with Crippen molar-refractivity contribution in [1.29, 1.82) is 0 Å². The molecule has 6 heteroatoms. The Morgan fingerprint density at radius 3 is 2.54 bits per heavy atom. The molecule has 2 rings (SSSR count). The van der Waals surface area contributed by atoms with Gasteiger partial charge in [0.1, 0.15) is 5.60 Å². The number of amides is 1. The summed E-state index contributed by atoms with van der Waals surface area (Å²) in [6.45, 7) is 6.59. The number of hydrogen-bond donors (Lipinski definition) is 2. The average molecular weight is 349 g/mol. The molecule has 0 saturated heterocycles. The molecule has 1 heterocycles. The molecule has 1 atom stereocenters. The molecule has 0 fully saturated rings. The number of thiophene rings is 1. The van der Waals surface area contributed by atoms with E-state index in [-0.39, 0.29) is 12.5 Å². The summed E-state index contributed by atoms with van der Waals surface area (Å²) in [5.74, 6) is 0.884. The van der Waals surface area contributed by atoms with Crippen molar-refractivity contribution in [3.63, 3.8) is 0 Å². The zero-order chi connectivity index (χ0) is 17.6. The second-order valence-electron chi connectivity index (χ2n) is 5.46. The SMILES string of the molecule is CCOc1ccc(C(=O)NCC(C)(O)c2cccs2)cc1OCC. The molecular formula is C18H23NO4S. The van der Waals surface area contributed by atoms with E-state index in [1.54, 1.807) is 25.1 Å². The van der Waals surface area contributed by atoms with Gasteiger partial charge in [-0.3, -0.25) is 4.79 Å². The summed E-state index contributed by atoms with van der Waals surface area (Å²) >= 11 is 1.46. The van der Waals surface area contributed by atoms with Gasteiger partial charge in [-0.2, -0.15) is 0 Å². The summed E-state index contributed by atoms with van der Waals surface area (Å²) in [7, 11) is 0. The van der Waals surface area contributed by atoms with Gasteiger partial charge in [-0.05, 0) is 50.4 Å². The van der Waals surface area contributed by atoms with Crippen molar-refractivity contribution >= 4 is 17.2 Å². The van der Waals surface area contributed by atoms with Crippen molar-refractivity contribution in [2.75, 3.05) is 19.8 Å². The lowest BCUT2D eigenvalue weighted by Crippen LogP contribution is -2.38. The number of benzene rings is 1. The maximum Gasteiger partial charge on any atom is 0.251 e. The van der Waals surface area contributed by atoms with Gasteiger partial charge in [-0.15, -0.1) is 11.3 Å². The molecule has 1 unspecified atom stereocenters. The monoisotopic (exact) mass is 349 g/mol. The molecular weight excluding hydrogens is 326 g/mol. The molecule has 24 heavy (non-hydrogen) atoms. The van der Waals surface area contributed by atoms with E-state index in [1.807, 2.05) is 31.4 Å². The number of carbonyl (C=O) groups excluding carboxylic acids is 1. The lowest BCUT2D eigenvalue weighted by Gasteiger charge is -2.22. The summed E-state index contributed by atoms with van der Waals surface area (Å²) < 4.78 is 11.0. The molecule has 0 aliphatic heterocycles. The third-order valence-electron chi connectivity index (χ3n) is 3.45. The highest BCUT2D eigenvalue weighted by atomic mass is 32.1. The van der Waals surface area contributed by atoms with E-state index in [0.717, 1.165) is 4.88 Å². The van der Waals surface area contributed by atoms with Gasteiger partial charge in [-0.25, -0.2) is 0 Å². The fourth-order valence-corrected chi connectivity index (χ4v) is 3.01. The van der Waals surface area contributed by atoms with Gasteiger partial charge in [0, 0.05) is 10.4 Å². The Hall–Kier alpha value is -2.05. The van der Waals surface area contributed by atoms with Crippen LogP contribution in [-0.2, 0) is 5.60 Å². The summed E-state index contributed by atoms with van der Waals surface area (Å²) in [6.07, 6.45) is 0. The van der Waals surface area contributed by atoms with Gasteiger partial charge in [0.05, 0.1) is 19.8 Å². The number of nitrogens with one attached hydrogen (secondary N) is 1. The number of aliphatic hydroxyl groups is 1. The first-order chi connectivity index (χ1) is 11.5. The zero-order valence-electron chi connectivity index (χ0n) is 14.2. The molecule has 0 spiro atoms. The normalized spacial score (nSPS) is 13.2. The number of hydrogen-bond acceptors (Lipinski definition) is 5. The van der Waals surface area contributed by atoms with E-state index in [9.17, 15) is 9.90 Å². The van der Waals surface area contributed by atoms with Crippen molar-refractivity contribution in [3.05, 3.63) is 46.2 Å². The Morgan fingerprint density at radius 1 is 1.21 bits per heavy atom. The first-order valence-electron chi connectivity index (χ1n) is 7.92. The van der Waals surface area contributed by atoms with Crippen LogP contribution >= 0.6 is 11.3 Å². The minimum atomic E-state index is -1.10. The zero-order valence-corrected chi connectivity index (χ0v) is 15.0. The second-order valence-corrected chi connectivity index (χ2v) is 6.41. The topological polar surface area (TPSA) is 67.8 Å². The third kappa shape index (κ3) is 4.49. The van der Waals surface area contributed by atoms with E-state index in [1.165, 1.54) is 11.3 Å². The fourth-order valence-electron chi connectivity index (χ4n) is 2.22. The van der Waals surface area contributed by atoms with Gasteiger partial charge in [0.15, 0.2) is 11.5 Å². The molecule has 1 aromatic carbocycles. The quantitative estimate of drug-likeness (QED) is 0.768. The van der Waals surface area contributed by atoms with Crippen molar-refractivity contribution in [1.82, 2.24) is 5.32 Å². The molecule has 0 radical (unpaired) electrons. The molecule has 130 valence electrons. The first-order valence-corrected chi connectivity index (χ1v) is 8.80. The Morgan fingerprint density at radius 2 is 1.92 bits per heavy atom. The van der Waals surface area contributed by atoms with Crippen LogP contribution < -0.4 is 14.8 Å². The molecule has 0 bridgehead atoms. The summed E-state index contributed by atoms with van der Waals surface area (Å²) in [4.78, 5) is 13.2. The highest BCUT2D eigenvalue weighted by molar-refractivity contribution is 7.10. The summed E-state index contributed by atoms with van der Waals surface area (Å²) in [5.41, 5.74) is -0.637. The predicted molar refractivity (Wildman–Crippen MR) is 95.0 cm³/mol. The van der Waals surface area contributed by atoms with Crippen LogP contribution in [0.25, 0.3) is 0 Å². The fraction of sp³-hybridized carbons (Fsp3) is 0.389. The maximum atomic E-state index is 12.4. The van der Waals surface area contributed by atoms with Crippen LogP contribution in [0.2, 0.25) is 0 Å². The highest BCUT2D eigenvalue weighted by Gasteiger charge is 2.25. The van der Waals surface area contributed by atoms with Gasteiger partial charge in [0.25, 0.3) is 5.91 Å². The smallest absolute Gasteiger partial charge is 0.251 e. The van der Waals surface area contributed by atoms with Crippen LogP contribution in [0.1, 0.15) is 36.0 Å². The Labute approximate surface area is 146 Å². The molecule has 5 nitrogen and oxygen atoms in total. The molecule has 2 aromatic rings. The Bertz CT molecular complexity index is 668. The molecule has 1 aromatic heterocycles. The van der Waals surface area contributed by atoms with E-state index >= 15 is 0 Å². The number of ether oxygens (including phenoxy) is 2. The van der Waals surface area contributed by atoms with Gasteiger partial charge in [0.2, 0.25) is 0 Å². The van der Waals surface area contributed by atoms with Crippen LogP contribution in [0.4, 0.5) is 0 Å². The van der Waals surface area contributed by atoms with Crippen LogP contribution in [0.5, 0.6) is 11.5 Å². The van der Waals surface area contributed by atoms with E-state index < -0.39 is 5.60 Å². The van der Waals surface area contributed by atoms with E-state index in [4.69, 9.17) is 9.47 Å². The molecule has 1 amide bonds. The Balaban J connectivity index is 2.08. The van der Waals surface area contributed by atoms with Gasteiger partial charge >= 0.3 is 0 Å². The number of carbonyl (C=O) groups is 1. The van der Waals surface area contributed by atoms with Gasteiger partial charge < -0.3 is 19.9 Å². The minimum Gasteiger partial charge on any atom is -0.490 e. The molecule has 0 aliphatic rings. The standard InChI is InChI=1S/C18H23NO4S/c1-4-22-14-9-8-13(11-15(14)23-5-2)17(20)19-12-18(3,21)16-7-6-10-24-16/h6-11,21H,4-5,12H2,1-3H3,(H,19,20). The minimum absolute atomic E-state index is 0.128. The van der Waals surface area contributed by atoms with Crippen LogP contribution in [0.15, 0.2) is 35.7 Å². The largest absolute Gasteiger partial charge is 0.490 e. The lowest BCUT2D eigenvalue weighted by atomic mass is 10.0. The van der Waals surface area contributed by atoms with Crippen molar-refractivity contribution in [2.45, 2.75) is 26.4 Å². The van der Waals surface area contributed by atoms with Crippen LogP contribution in [-0.4, -0.2) is 30.8 Å². The summed E-state index contributed by atoms with van der Waals surface area (Å²) in [5, 5.41) is 15.1. The summed E-state index contributed by atoms with van der Waals surface area (Å²) in [6, 6.07) is 8.78.